The van der Waals surface area contributed by atoms with Crippen molar-refractivity contribution in [3.63, 3.8) is 0 Å². The predicted molar refractivity (Wildman–Crippen MR) is 145 cm³/mol. The van der Waals surface area contributed by atoms with Crippen LogP contribution in [-0.4, -0.2) is 7.38 Å². The summed E-state index contributed by atoms with van der Waals surface area (Å²) in [7, 11) is -2.79. The van der Waals surface area contributed by atoms with Gasteiger partial charge in [-0.1, -0.05) is 127 Å². The summed E-state index contributed by atoms with van der Waals surface area (Å²) in [4.78, 5) is 0. The summed E-state index contributed by atoms with van der Waals surface area (Å²) in [5.74, 6) is 0. The second-order valence-corrected chi connectivity index (χ2v) is 14.5. The molecule has 0 saturated heterocycles. The molecule has 0 N–H and O–H groups in total. The third-order valence-electron chi connectivity index (χ3n) is 7.72. The van der Waals surface area contributed by atoms with Gasteiger partial charge in [0.25, 0.3) is 0 Å². The van der Waals surface area contributed by atoms with E-state index in [2.05, 4.69) is 127 Å². The molecular weight excluding hydrogens is 697 g/mol. The van der Waals surface area contributed by atoms with Crippen molar-refractivity contribution in [3.05, 3.63) is 150 Å². The summed E-state index contributed by atoms with van der Waals surface area (Å²) in [6, 6.07) is 46.5. The summed E-state index contributed by atoms with van der Waals surface area (Å²) in [5.41, 5.74) is 11.1. The first kappa shape index (κ1) is 28.1. The zero-order valence-electron chi connectivity index (χ0n) is 19.9. The van der Waals surface area contributed by atoms with E-state index in [1.165, 1.54) is 49.7 Å². The maximum Gasteiger partial charge on any atom is 4.00 e. The van der Waals surface area contributed by atoms with E-state index < -0.39 is 7.38 Å². The summed E-state index contributed by atoms with van der Waals surface area (Å²) in [6.07, 6.45) is 0. The van der Waals surface area contributed by atoms with Crippen LogP contribution >= 0.6 is 11.1 Å². The van der Waals surface area contributed by atoms with Crippen molar-refractivity contribution in [2.24, 2.45) is 0 Å². The van der Waals surface area contributed by atoms with Gasteiger partial charge in [-0.25, -0.2) is 0 Å². The Morgan fingerprint density at radius 2 is 0.676 bits per heavy atom. The summed E-state index contributed by atoms with van der Waals surface area (Å²) < 4.78 is 0. The number of hydrogen-bond acceptors (Lipinski definition) is 0. The van der Waals surface area contributed by atoms with Gasteiger partial charge in [-0.15, -0.1) is 0 Å². The average molecular weight is 720 g/mol. The summed E-state index contributed by atoms with van der Waals surface area (Å²) in [6.45, 7) is 0. The SMILES string of the molecule is Cl[Si](c1ccccc1)(C1c2ccccc2-c2ccccc21)C1c2ccccc2-c2ccccc21.[Cl-].[Cl-].[Hf+4]. The molecule has 5 aromatic carbocycles. The fourth-order valence-electron chi connectivity index (χ4n) is 6.41. The van der Waals surface area contributed by atoms with Crippen LogP contribution < -0.4 is 30.0 Å². The summed E-state index contributed by atoms with van der Waals surface area (Å²) in [5, 5.41) is 1.30. The zero-order chi connectivity index (χ0) is 22.7. The fourth-order valence-corrected chi connectivity index (χ4v) is 12.7. The molecule has 0 nitrogen and oxygen atoms in total. The molecule has 0 unspecified atom stereocenters. The molecule has 178 valence electrons. The molecule has 7 rings (SSSR count). The largest absolute Gasteiger partial charge is 4.00 e. The van der Waals surface area contributed by atoms with Crippen molar-refractivity contribution in [1.82, 2.24) is 0 Å². The van der Waals surface area contributed by atoms with Gasteiger partial charge in [-0.2, -0.15) is 11.1 Å². The quantitative estimate of drug-likeness (QED) is 0.197. The van der Waals surface area contributed by atoms with Gasteiger partial charge in [0.05, 0.1) is 0 Å². The predicted octanol–water partition coefficient (Wildman–Crippen LogP) is 1.79. The van der Waals surface area contributed by atoms with E-state index in [0.717, 1.165) is 0 Å². The van der Waals surface area contributed by atoms with Crippen LogP contribution in [0.25, 0.3) is 22.3 Å². The number of fused-ring (bicyclic) bond motifs is 6. The van der Waals surface area contributed by atoms with E-state index >= 15 is 0 Å². The third kappa shape index (κ3) is 4.13. The molecule has 37 heavy (non-hydrogen) atoms. The first-order chi connectivity index (χ1) is 16.8. The van der Waals surface area contributed by atoms with E-state index in [9.17, 15) is 0 Å². The van der Waals surface area contributed by atoms with Crippen LogP contribution in [0.5, 0.6) is 0 Å². The van der Waals surface area contributed by atoms with Gasteiger partial charge in [-0.05, 0) is 49.7 Å². The minimum absolute atomic E-state index is 0. The Bertz CT molecular complexity index is 1370. The standard InChI is InChI=1S/C32H23ClSi.2ClH.Hf/c33-34(22-12-2-1-3-13-22,31-27-18-8-4-14-23(27)24-15-5-9-19-28(24)31)32-29-20-10-6-16-25(29)26-17-7-11-21-30(26)32;;;/h1-21,31-32H;2*1H;/q;;;+4/p-2. The molecule has 2 aliphatic carbocycles. The average Bonchev–Trinajstić information content (AvgIpc) is 3.43. The van der Waals surface area contributed by atoms with Crippen LogP contribution in [-0.2, 0) is 25.8 Å². The Hall–Kier alpha value is -1.94. The van der Waals surface area contributed by atoms with E-state index in [0.29, 0.717) is 0 Å². The molecule has 0 amide bonds. The molecule has 0 fully saturated rings. The minimum Gasteiger partial charge on any atom is -1.00 e. The number of rotatable bonds is 3. The topological polar surface area (TPSA) is 0 Å². The first-order valence-corrected chi connectivity index (χ1v) is 15.1. The van der Waals surface area contributed by atoms with Gasteiger partial charge in [0.2, 0.25) is 7.38 Å². The zero-order valence-corrected chi connectivity index (χ0v) is 26.8. The molecule has 2 aliphatic rings. The molecule has 0 bridgehead atoms. The van der Waals surface area contributed by atoms with Crippen molar-refractivity contribution < 1.29 is 50.7 Å². The van der Waals surface area contributed by atoms with E-state index in [-0.39, 0.29) is 61.7 Å². The molecule has 0 heterocycles. The van der Waals surface area contributed by atoms with Gasteiger partial charge in [0.1, 0.15) is 0 Å². The van der Waals surface area contributed by atoms with E-state index in [4.69, 9.17) is 11.1 Å². The van der Waals surface area contributed by atoms with Crippen LogP contribution in [0.2, 0.25) is 0 Å². The minimum atomic E-state index is -2.79. The number of hydrogen-bond donors (Lipinski definition) is 0. The second kappa shape index (κ2) is 11.0. The van der Waals surface area contributed by atoms with E-state index in [1.54, 1.807) is 0 Å². The van der Waals surface area contributed by atoms with Crippen LogP contribution in [0.4, 0.5) is 0 Å². The molecular formula is C32H23Cl3HfSi+2. The molecule has 0 radical (unpaired) electrons. The number of halogens is 3. The maximum absolute atomic E-state index is 8.33. The Morgan fingerprint density at radius 3 is 1.00 bits per heavy atom. The molecule has 5 heteroatoms. The summed E-state index contributed by atoms with van der Waals surface area (Å²) >= 11 is 8.33. The van der Waals surface area contributed by atoms with Gasteiger partial charge in [-0.3, -0.25) is 0 Å². The Kier molecular flexibility index (Phi) is 8.38. The maximum atomic E-state index is 8.33. The molecule has 0 aromatic heterocycles. The monoisotopic (exact) mass is 720 g/mol. The third-order valence-corrected chi connectivity index (χ3v) is 13.8. The molecule has 5 aromatic rings. The van der Waals surface area contributed by atoms with Gasteiger partial charge < -0.3 is 24.8 Å². The second-order valence-electron chi connectivity index (χ2n) is 9.35. The van der Waals surface area contributed by atoms with Crippen molar-refractivity contribution in [3.8, 4) is 22.3 Å². The van der Waals surface area contributed by atoms with Crippen LogP contribution in [0.3, 0.4) is 0 Å². The molecule has 0 spiro atoms. The van der Waals surface area contributed by atoms with Crippen molar-refractivity contribution in [1.29, 1.82) is 0 Å². The first-order valence-electron chi connectivity index (χ1n) is 11.9. The Labute approximate surface area is 255 Å². The number of benzene rings is 5. The van der Waals surface area contributed by atoms with Gasteiger partial charge in [0, 0.05) is 11.1 Å². The fraction of sp³-hybridized carbons (Fsp3) is 0.0625. The Balaban J connectivity index is 0.00000107. The van der Waals surface area contributed by atoms with Crippen molar-refractivity contribution in [2.75, 3.05) is 0 Å². The smallest absolute Gasteiger partial charge is 1.00 e. The molecule has 0 saturated carbocycles. The van der Waals surface area contributed by atoms with Crippen LogP contribution in [0, 0.1) is 0 Å². The van der Waals surface area contributed by atoms with Crippen molar-refractivity contribution >= 4 is 23.6 Å². The molecule has 0 aliphatic heterocycles. The normalized spacial score (nSPS) is 13.2. The van der Waals surface area contributed by atoms with E-state index in [1.807, 2.05) is 0 Å². The molecule has 0 atom stereocenters. The van der Waals surface area contributed by atoms with Crippen LogP contribution in [0.15, 0.2) is 127 Å². The van der Waals surface area contributed by atoms with Crippen molar-refractivity contribution in [2.45, 2.75) is 11.1 Å². The van der Waals surface area contributed by atoms with Gasteiger partial charge >= 0.3 is 25.8 Å². The van der Waals surface area contributed by atoms with Crippen LogP contribution in [0.1, 0.15) is 33.3 Å². The Morgan fingerprint density at radius 1 is 0.405 bits per heavy atom. The van der Waals surface area contributed by atoms with Gasteiger partial charge in [0.15, 0.2) is 0 Å².